The second kappa shape index (κ2) is 9.11. The van der Waals surface area contributed by atoms with Gasteiger partial charge in [-0.25, -0.2) is 13.8 Å². The van der Waals surface area contributed by atoms with E-state index in [0.29, 0.717) is 11.2 Å². The van der Waals surface area contributed by atoms with Crippen molar-refractivity contribution in [2.75, 3.05) is 6.54 Å². The molecule has 1 aliphatic rings. The molecule has 0 radical (unpaired) electrons. The summed E-state index contributed by atoms with van der Waals surface area (Å²) in [4.78, 5) is 7.59. The number of H-pyrrole nitrogens is 1. The van der Waals surface area contributed by atoms with E-state index in [1.807, 2.05) is 26.1 Å². The van der Waals surface area contributed by atoms with Gasteiger partial charge < -0.3 is 10.3 Å². The van der Waals surface area contributed by atoms with E-state index >= 15 is 0 Å². The molecule has 5 rings (SSSR count). The van der Waals surface area contributed by atoms with Crippen molar-refractivity contribution in [3.63, 3.8) is 0 Å². The number of nitrogens with one attached hydrogen (secondary N) is 2. The Labute approximate surface area is 180 Å². The molecule has 0 fully saturated rings. The highest BCUT2D eigenvalue weighted by Gasteiger charge is 2.11. The van der Waals surface area contributed by atoms with Crippen LogP contribution in [0, 0.1) is 23.5 Å². The number of hydrogen-bond acceptors (Lipinski definition) is 2. The zero-order chi connectivity index (χ0) is 21.8. The largest absolute Gasteiger partial charge is 0.345 e. The van der Waals surface area contributed by atoms with Crippen molar-refractivity contribution in [1.29, 1.82) is 0 Å². The van der Waals surface area contributed by atoms with Crippen LogP contribution in [0.5, 0.6) is 0 Å². The van der Waals surface area contributed by atoms with Crippen LogP contribution in [0.2, 0.25) is 0 Å². The number of aromatic nitrogens is 2. The summed E-state index contributed by atoms with van der Waals surface area (Å²) in [5, 5.41) is 4.25. The minimum absolute atomic E-state index is 0.0330. The zero-order valence-corrected chi connectivity index (χ0v) is 17.5. The first-order valence-electron chi connectivity index (χ1n) is 10.4. The first-order chi connectivity index (χ1) is 15.2. The number of benzene rings is 2. The fraction of sp³-hybridized carbons (Fsp3) is 0.192. The molecule has 3 heterocycles. The van der Waals surface area contributed by atoms with Crippen LogP contribution in [0.4, 0.5) is 8.78 Å². The summed E-state index contributed by atoms with van der Waals surface area (Å²) < 4.78 is 27.2. The second-order valence-electron chi connectivity index (χ2n) is 7.11. The summed E-state index contributed by atoms with van der Waals surface area (Å²) in [5.74, 6) is 4.62. The molecule has 2 aromatic heterocycles. The Morgan fingerprint density at radius 2 is 1.74 bits per heavy atom. The number of nitrogens with zero attached hydrogens (tertiary/aromatic N) is 1. The molecule has 1 aliphatic heterocycles. The van der Waals surface area contributed by atoms with Crippen molar-refractivity contribution in [3.05, 3.63) is 88.7 Å². The highest BCUT2D eigenvalue weighted by Crippen LogP contribution is 2.27. The molecule has 0 aliphatic carbocycles. The van der Waals surface area contributed by atoms with Gasteiger partial charge in [0.05, 0.1) is 11.1 Å². The molecular formula is C26H23F2N3. The lowest BCUT2D eigenvalue weighted by Gasteiger charge is -2.17. The van der Waals surface area contributed by atoms with Crippen LogP contribution in [-0.2, 0) is 13.0 Å². The molecule has 2 aromatic carbocycles. The van der Waals surface area contributed by atoms with Crippen LogP contribution in [0.15, 0.2) is 54.9 Å². The van der Waals surface area contributed by atoms with E-state index in [-0.39, 0.29) is 5.56 Å². The van der Waals surface area contributed by atoms with Gasteiger partial charge >= 0.3 is 0 Å². The third kappa shape index (κ3) is 4.35. The summed E-state index contributed by atoms with van der Waals surface area (Å²) in [5.41, 5.74) is 6.21. The average molecular weight is 415 g/mol. The van der Waals surface area contributed by atoms with E-state index in [9.17, 15) is 8.78 Å². The quantitative estimate of drug-likeness (QED) is 0.399. The fourth-order valence-corrected chi connectivity index (χ4v) is 3.65. The molecule has 156 valence electrons. The van der Waals surface area contributed by atoms with Gasteiger partial charge in [0.2, 0.25) is 0 Å². The van der Waals surface area contributed by atoms with E-state index in [4.69, 9.17) is 0 Å². The highest BCUT2D eigenvalue weighted by atomic mass is 19.1. The van der Waals surface area contributed by atoms with Crippen molar-refractivity contribution < 1.29 is 8.78 Å². The van der Waals surface area contributed by atoms with E-state index in [0.717, 1.165) is 54.2 Å². The Hall–Kier alpha value is -3.49. The van der Waals surface area contributed by atoms with E-state index in [2.05, 4.69) is 45.3 Å². The van der Waals surface area contributed by atoms with Crippen molar-refractivity contribution >= 4 is 11.0 Å². The Morgan fingerprint density at radius 1 is 0.903 bits per heavy atom. The number of fused-ring (bicyclic) bond motifs is 2. The first kappa shape index (κ1) is 20.8. The molecule has 31 heavy (non-hydrogen) atoms. The molecule has 0 saturated heterocycles. The molecule has 3 nitrogen and oxygen atoms in total. The molecule has 0 saturated carbocycles. The lowest BCUT2D eigenvalue weighted by atomic mass is 9.96. The van der Waals surface area contributed by atoms with Crippen LogP contribution in [0.25, 0.3) is 22.2 Å². The second-order valence-corrected chi connectivity index (χ2v) is 7.11. The number of halogens is 2. The SMILES string of the molecule is CC.Fc1ccc(F)c(C#Cc2c[nH]c3ncc(-c4ccc5c(c4)CNCC5)cc23)c1. The minimum Gasteiger partial charge on any atom is -0.345 e. The molecule has 0 amide bonds. The summed E-state index contributed by atoms with van der Waals surface area (Å²) in [6.07, 6.45) is 4.61. The van der Waals surface area contributed by atoms with Gasteiger partial charge in [-0.3, -0.25) is 0 Å². The molecule has 0 bridgehead atoms. The molecule has 2 N–H and O–H groups in total. The molecule has 4 aromatic rings. The van der Waals surface area contributed by atoms with Crippen LogP contribution in [0.1, 0.15) is 36.1 Å². The third-order valence-corrected chi connectivity index (χ3v) is 5.22. The number of rotatable bonds is 1. The van der Waals surface area contributed by atoms with Crippen molar-refractivity contribution in [1.82, 2.24) is 15.3 Å². The number of hydrogen-bond donors (Lipinski definition) is 2. The van der Waals surface area contributed by atoms with Crippen molar-refractivity contribution in [2.24, 2.45) is 0 Å². The normalized spacial score (nSPS) is 12.4. The summed E-state index contributed by atoms with van der Waals surface area (Å²) in [6.45, 7) is 5.88. The molecule has 0 spiro atoms. The van der Waals surface area contributed by atoms with Crippen molar-refractivity contribution in [2.45, 2.75) is 26.8 Å². The summed E-state index contributed by atoms with van der Waals surface area (Å²) in [6, 6.07) is 11.8. The Morgan fingerprint density at radius 3 is 2.61 bits per heavy atom. The Bertz CT molecular complexity index is 1300. The van der Waals surface area contributed by atoms with Crippen LogP contribution >= 0.6 is 0 Å². The van der Waals surface area contributed by atoms with E-state index < -0.39 is 11.6 Å². The highest BCUT2D eigenvalue weighted by molar-refractivity contribution is 5.87. The fourth-order valence-electron chi connectivity index (χ4n) is 3.65. The van der Waals surface area contributed by atoms with Crippen LogP contribution in [-0.4, -0.2) is 16.5 Å². The average Bonchev–Trinajstić information content (AvgIpc) is 3.23. The van der Waals surface area contributed by atoms with Crippen LogP contribution in [0.3, 0.4) is 0 Å². The van der Waals surface area contributed by atoms with Gasteiger partial charge in [0.15, 0.2) is 0 Å². The van der Waals surface area contributed by atoms with Gasteiger partial charge in [0.1, 0.15) is 17.3 Å². The molecular weight excluding hydrogens is 392 g/mol. The first-order valence-corrected chi connectivity index (χ1v) is 10.4. The molecule has 5 heteroatoms. The van der Waals surface area contributed by atoms with E-state index in [1.54, 1.807) is 6.20 Å². The van der Waals surface area contributed by atoms with Gasteiger partial charge in [-0.05, 0) is 60.0 Å². The maximum Gasteiger partial charge on any atom is 0.139 e. The third-order valence-electron chi connectivity index (χ3n) is 5.22. The van der Waals surface area contributed by atoms with Gasteiger partial charge in [-0.2, -0.15) is 0 Å². The smallest absolute Gasteiger partial charge is 0.139 e. The van der Waals surface area contributed by atoms with Crippen LogP contribution < -0.4 is 5.32 Å². The zero-order valence-electron chi connectivity index (χ0n) is 17.5. The number of pyridine rings is 1. The van der Waals surface area contributed by atoms with Gasteiger partial charge in [0, 0.05) is 29.9 Å². The standard InChI is InChI=1S/C24H17F2N3.C2H6/c25-21-5-6-23(26)17(10-21)3-4-18-13-28-24-22(18)11-20(14-29-24)16-2-1-15-7-8-27-12-19(15)9-16;1-2/h1-2,5-6,9-11,13-14,27H,7-8,12H2,(H,28,29);1-2H3. The molecule has 0 atom stereocenters. The lowest BCUT2D eigenvalue weighted by Crippen LogP contribution is -2.23. The van der Waals surface area contributed by atoms with Crippen molar-refractivity contribution in [3.8, 4) is 23.0 Å². The maximum absolute atomic E-state index is 13.8. The molecule has 0 unspecified atom stereocenters. The van der Waals surface area contributed by atoms with Gasteiger partial charge in [-0.15, -0.1) is 0 Å². The maximum atomic E-state index is 13.8. The van der Waals surface area contributed by atoms with E-state index in [1.165, 1.54) is 11.1 Å². The van der Waals surface area contributed by atoms with Gasteiger partial charge in [0.25, 0.3) is 0 Å². The lowest BCUT2D eigenvalue weighted by molar-refractivity contribution is 0.597. The van der Waals surface area contributed by atoms with Gasteiger partial charge in [-0.1, -0.05) is 37.8 Å². The monoisotopic (exact) mass is 415 g/mol. The number of aromatic amines is 1. The minimum atomic E-state index is -0.541. The Kier molecular flexibility index (Phi) is 6.11. The predicted molar refractivity (Wildman–Crippen MR) is 121 cm³/mol. The predicted octanol–water partition coefficient (Wildman–Crippen LogP) is 5.58. The summed E-state index contributed by atoms with van der Waals surface area (Å²) >= 11 is 0. The summed E-state index contributed by atoms with van der Waals surface area (Å²) in [7, 11) is 0. The Balaban J connectivity index is 0.00000112. The topological polar surface area (TPSA) is 40.7 Å².